The summed E-state index contributed by atoms with van der Waals surface area (Å²) in [5.74, 6) is -0.583. The smallest absolute Gasteiger partial charge is 0.272 e. The number of benzene rings is 2. The van der Waals surface area contributed by atoms with Crippen molar-refractivity contribution in [3.8, 4) is 5.75 Å². The molecule has 21 heavy (non-hydrogen) atoms. The molecule has 0 amide bonds. The Morgan fingerprint density at radius 2 is 2.00 bits per heavy atom. The molecule has 0 aliphatic rings. The highest BCUT2D eigenvalue weighted by Crippen LogP contribution is 2.29. The molecule has 2 aromatic carbocycles. The quantitative estimate of drug-likeness (QED) is 0.661. The van der Waals surface area contributed by atoms with Crippen molar-refractivity contribution in [3.63, 3.8) is 0 Å². The van der Waals surface area contributed by atoms with Crippen LogP contribution in [0, 0.1) is 22.9 Å². The summed E-state index contributed by atoms with van der Waals surface area (Å²) in [5.41, 5.74) is 1.39. The van der Waals surface area contributed by atoms with E-state index in [1.807, 2.05) is 13.0 Å². The summed E-state index contributed by atoms with van der Waals surface area (Å²) < 4.78 is 13.8. The van der Waals surface area contributed by atoms with Crippen LogP contribution < -0.4 is 5.32 Å². The third-order valence-electron chi connectivity index (χ3n) is 3.19. The molecule has 0 radical (unpaired) electrons. The second-order valence-corrected chi connectivity index (χ2v) is 4.85. The number of anilines is 1. The number of hydrogen-bond acceptors (Lipinski definition) is 4. The van der Waals surface area contributed by atoms with E-state index in [4.69, 9.17) is 0 Å². The van der Waals surface area contributed by atoms with Crippen LogP contribution in [0.25, 0.3) is 0 Å². The van der Waals surface area contributed by atoms with Gasteiger partial charge in [0.15, 0.2) is 5.82 Å². The second kappa shape index (κ2) is 5.78. The molecule has 5 nitrogen and oxygen atoms in total. The van der Waals surface area contributed by atoms with E-state index in [1.165, 1.54) is 12.1 Å². The largest absolute Gasteiger partial charge is 0.508 e. The van der Waals surface area contributed by atoms with Crippen LogP contribution in [0.2, 0.25) is 0 Å². The molecule has 0 aliphatic carbocycles. The van der Waals surface area contributed by atoms with Crippen molar-refractivity contribution in [2.75, 3.05) is 5.32 Å². The van der Waals surface area contributed by atoms with Crippen molar-refractivity contribution in [1.82, 2.24) is 0 Å². The normalized spacial score (nSPS) is 12.0. The van der Waals surface area contributed by atoms with Gasteiger partial charge in [0.05, 0.1) is 22.7 Å². The van der Waals surface area contributed by atoms with Gasteiger partial charge >= 0.3 is 0 Å². The Labute approximate surface area is 121 Å². The fourth-order valence-corrected chi connectivity index (χ4v) is 2.07. The summed E-state index contributed by atoms with van der Waals surface area (Å²) in [6.07, 6.45) is 0. The van der Waals surface area contributed by atoms with Crippen LogP contribution in [0.3, 0.4) is 0 Å². The van der Waals surface area contributed by atoms with Gasteiger partial charge in [-0.05, 0) is 31.5 Å². The lowest BCUT2D eigenvalue weighted by molar-refractivity contribution is -0.385. The van der Waals surface area contributed by atoms with E-state index in [-0.39, 0.29) is 23.2 Å². The molecule has 1 atom stereocenters. The van der Waals surface area contributed by atoms with Crippen LogP contribution in [-0.4, -0.2) is 10.0 Å². The first kappa shape index (κ1) is 14.8. The number of nitrogens with zero attached hydrogens (tertiary/aromatic N) is 1. The van der Waals surface area contributed by atoms with Crippen molar-refractivity contribution in [2.45, 2.75) is 19.9 Å². The lowest BCUT2D eigenvalue weighted by atomic mass is 10.0. The molecule has 6 heteroatoms. The number of non-ortho nitro benzene ring substituents is 1. The number of aryl methyl sites for hydroxylation is 1. The number of phenols is 1. The Morgan fingerprint density at radius 3 is 2.57 bits per heavy atom. The molecular weight excluding hydrogens is 275 g/mol. The highest BCUT2D eigenvalue weighted by Gasteiger charge is 2.15. The van der Waals surface area contributed by atoms with Gasteiger partial charge in [-0.1, -0.05) is 12.1 Å². The molecule has 2 N–H and O–H groups in total. The van der Waals surface area contributed by atoms with Crippen molar-refractivity contribution < 1.29 is 14.4 Å². The highest BCUT2D eigenvalue weighted by atomic mass is 19.1. The van der Waals surface area contributed by atoms with Crippen molar-refractivity contribution >= 4 is 11.4 Å². The minimum absolute atomic E-state index is 0.123. The van der Waals surface area contributed by atoms with Crippen LogP contribution in [-0.2, 0) is 0 Å². The first-order valence-corrected chi connectivity index (χ1v) is 6.38. The molecule has 0 saturated heterocycles. The van der Waals surface area contributed by atoms with Gasteiger partial charge in [-0.2, -0.15) is 0 Å². The van der Waals surface area contributed by atoms with Crippen molar-refractivity contribution in [1.29, 1.82) is 0 Å². The predicted molar refractivity (Wildman–Crippen MR) is 77.9 cm³/mol. The standard InChI is InChI=1S/C15H15FN2O3/c1-9-3-5-12(15(19)7-9)10(2)17-14-6-4-11(18(20)21)8-13(14)16/h3-8,10,17,19H,1-2H3. The minimum Gasteiger partial charge on any atom is -0.508 e. The zero-order valence-electron chi connectivity index (χ0n) is 11.6. The summed E-state index contributed by atoms with van der Waals surface area (Å²) >= 11 is 0. The molecule has 2 rings (SSSR count). The van der Waals surface area contributed by atoms with Crippen LogP contribution in [0.1, 0.15) is 24.1 Å². The second-order valence-electron chi connectivity index (χ2n) is 4.85. The lowest BCUT2D eigenvalue weighted by Crippen LogP contribution is -2.08. The molecule has 2 aromatic rings. The van der Waals surface area contributed by atoms with E-state index in [9.17, 15) is 19.6 Å². The number of nitrogens with one attached hydrogen (secondary N) is 1. The van der Waals surface area contributed by atoms with Crippen LogP contribution in [0.4, 0.5) is 15.8 Å². The molecule has 0 spiro atoms. The number of halogens is 1. The number of aromatic hydroxyl groups is 1. The number of rotatable bonds is 4. The lowest BCUT2D eigenvalue weighted by Gasteiger charge is -2.17. The average Bonchev–Trinajstić information content (AvgIpc) is 2.40. The van der Waals surface area contributed by atoms with Gasteiger partial charge in [-0.15, -0.1) is 0 Å². The van der Waals surface area contributed by atoms with E-state index in [2.05, 4.69) is 5.32 Å². The molecule has 0 heterocycles. The summed E-state index contributed by atoms with van der Waals surface area (Å²) in [4.78, 5) is 9.92. The number of phenolic OH excluding ortho intramolecular Hbond substituents is 1. The fraction of sp³-hybridized carbons (Fsp3) is 0.200. The molecule has 0 aromatic heterocycles. The van der Waals surface area contributed by atoms with E-state index >= 15 is 0 Å². The van der Waals surface area contributed by atoms with Gasteiger partial charge in [0, 0.05) is 11.6 Å². The van der Waals surface area contributed by atoms with E-state index in [0.717, 1.165) is 11.6 Å². The highest BCUT2D eigenvalue weighted by molar-refractivity contribution is 5.52. The summed E-state index contributed by atoms with van der Waals surface area (Å²) in [7, 11) is 0. The van der Waals surface area contributed by atoms with Crippen LogP contribution in [0.5, 0.6) is 5.75 Å². The fourth-order valence-electron chi connectivity index (χ4n) is 2.07. The molecule has 1 unspecified atom stereocenters. The summed E-state index contributed by atoms with van der Waals surface area (Å²) in [6.45, 7) is 3.63. The molecule has 0 bridgehead atoms. The topological polar surface area (TPSA) is 75.4 Å². The monoisotopic (exact) mass is 290 g/mol. The third kappa shape index (κ3) is 3.28. The SMILES string of the molecule is Cc1ccc(C(C)Nc2ccc([N+](=O)[O-])cc2F)c(O)c1. The molecular formula is C15H15FN2O3. The number of nitro groups is 1. The van der Waals surface area contributed by atoms with Gasteiger partial charge < -0.3 is 10.4 Å². The van der Waals surface area contributed by atoms with Crippen molar-refractivity contribution in [2.24, 2.45) is 0 Å². The minimum atomic E-state index is -0.706. The first-order chi connectivity index (χ1) is 9.88. The Hall–Kier alpha value is -2.63. The predicted octanol–water partition coefficient (Wildman–Crippen LogP) is 3.92. The maximum absolute atomic E-state index is 13.8. The van der Waals surface area contributed by atoms with Gasteiger partial charge in [-0.3, -0.25) is 10.1 Å². The Bertz CT molecular complexity index is 689. The zero-order valence-corrected chi connectivity index (χ0v) is 11.6. The molecule has 0 saturated carbocycles. The van der Waals surface area contributed by atoms with Crippen molar-refractivity contribution in [3.05, 3.63) is 63.5 Å². The van der Waals surface area contributed by atoms with Crippen LogP contribution in [0.15, 0.2) is 36.4 Å². The maximum Gasteiger partial charge on any atom is 0.272 e. The maximum atomic E-state index is 13.8. The number of hydrogen-bond donors (Lipinski definition) is 2. The van der Waals surface area contributed by atoms with E-state index in [0.29, 0.717) is 5.56 Å². The third-order valence-corrected chi connectivity index (χ3v) is 3.19. The zero-order chi connectivity index (χ0) is 15.6. The van der Waals surface area contributed by atoms with Gasteiger partial charge in [0.2, 0.25) is 0 Å². The van der Waals surface area contributed by atoms with Gasteiger partial charge in [-0.25, -0.2) is 4.39 Å². The molecule has 0 fully saturated rings. The first-order valence-electron chi connectivity index (χ1n) is 6.38. The van der Waals surface area contributed by atoms with Crippen LogP contribution >= 0.6 is 0 Å². The Kier molecular flexibility index (Phi) is 4.07. The van der Waals surface area contributed by atoms with Gasteiger partial charge in [0.25, 0.3) is 5.69 Å². The summed E-state index contributed by atoms with van der Waals surface area (Å²) in [5, 5.41) is 23.4. The molecule has 0 aliphatic heterocycles. The molecule has 110 valence electrons. The Morgan fingerprint density at radius 1 is 1.29 bits per heavy atom. The average molecular weight is 290 g/mol. The van der Waals surface area contributed by atoms with E-state index < -0.39 is 10.7 Å². The Balaban J connectivity index is 2.23. The van der Waals surface area contributed by atoms with Gasteiger partial charge in [0.1, 0.15) is 5.75 Å². The summed E-state index contributed by atoms with van der Waals surface area (Å²) in [6, 6.07) is 8.29. The number of nitro benzene ring substituents is 1. The van der Waals surface area contributed by atoms with E-state index in [1.54, 1.807) is 19.1 Å².